The molecule has 1 aromatic carbocycles. The van der Waals surface area contributed by atoms with Crippen molar-refractivity contribution in [2.24, 2.45) is 5.92 Å². The first-order chi connectivity index (χ1) is 8.56. The molecule has 4 heteroatoms. The Kier molecular flexibility index (Phi) is 5.36. The van der Waals surface area contributed by atoms with Crippen molar-refractivity contribution in [3.8, 4) is 5.75 Å². The van der Waals surface area contributed by atoms with Crippen molar-refractivity contribution in [2.45, 2.75) is 20.3 Å². The summed E-state index contributed by atoms with van der Waals surface area (Å²) >= 11 is 0. The number of hydrogen-bond donors (Lipinski definition) is 0. The van der Waals surface area contributed by atoms with E-state index in [-0.39, 0.29) is 12.4 Å². The molecule has 1 aromatic rings. The third-order valence-corrected chi connectivity index (χ3v) is 2.35. The average Bonchev–Trinajstić information content (AvgIpc) is 2.36. The van der Waals surface area contributed by atoms with Crippen LogP contribution < -0.4 is 4.74 Å². The zero-order chi connectivity index (χ0) is 13.5. The van der Waals surface area contributed by atoms with E-state index in [0.717, 1.165) is 11.8 Å². The van der Waals surface area contributed by atoms with Gasteiger partial charge >= 0.3 is 5.97 Å². The van der Waals surface area contributed by atoms with Crippen molar-refractivity contribution in [1.29, 1.82) is 0 Å². The van der Waals surface area contributed by atoms with Crippen LogP contribution in [0.25, 0.3) is 0 Å². The second-order valence-corrected chi connectivity index (χ2v) is 4.45. The number of esters is 1. The van der Waals surface area contributed by atoms with E-state index in [1.54, 1.807) is 18.2 Å². The molecule has 0 unspecified atom stereocenters. The van der Waals surface area contributed by atoms with Crippen LogP contribution in [-0.2, 0) is 16.0 Å². The highest BCUT2D eigenvalue weighted by molar-refractivity contribution is 5.81. The number of carbonyl (C=O) groups is 2. The van der Waals surface area contributed by atoms with E-state index in [1.807, 2.05) is 13.8 Å². The molecule has 0 atom stereocenters. The fourth-order valence-electron chi connectivity index (χ4n) is 1.43. The molecule has 0 saturated heterocycles. The van der Waals surface area contributed by atoms with Crippen molar-refractivity contribution in [1.82, 2.24) is 0 Å². The standard InChI is InChI=1S/C14H18O4/c1-10(2)9-18-13-5-4-11(6-12(13)8-15)7-14(16)17-3/h4-6,8,10H,7,9H2,1-3H3. The minimum absolute atomic E-state index is 0.155. The van der Waals surface area contributed by atoms with E-state index in [9.17, 15) is 9.59 Å². The molecule has 0 amide bonds. The Morgan fingerprint density at radius 2 is 2.11 bits per heavy atom. The molecule has 0 aliphatic rings. The molecule has 0 bridgehead atoms. The predicted molar refractivity (Wildman–Crippen MR) is 67.9 cm³/mol. The van der Waals surface area contributed by atoms with Gasteiger partial charge in [0.15, 0.2) is 6.29 Å². The summed E-state index contributed by atoms with van der Waals surface area (Å²) in [4.78, 5) is 22.1. The molecule has 4 nitrogen and oxygen atoms in total. The number of methoxy groups -OCH3 is 1. The molecule has 0 heterocycles. The number of carbonyl (C=O) groups excluding carboxylic acids is 2. The topological polar surface area (TPSA) is 52.6 Å². The Labute approximate surface area is 107 Å². The second kappa shape index (κ2) is 6.79. The Balaban J connectivity index is 2.82. The van der Waals surface area contributed by atoms with Crippen molar-refractivity contribution in [3.63, 3.8) is 0 Å². The van der Waals surface area contributed by atoms with Crippen molar-refractivity contribution >= 4 is 12.3 Å². The van der Waals surface area contributed by atoms with Crippen LogP contribution in [0.15, 0.2) is 18.2 Å². The number of ether oxygens (including phenoxy) is 2. The highest BCUT2D eigenvalue weighted by Gasteiger charge is 2.08. The molecule has 98 valence electrons. The van der Waals surface area contributed by atoms with E-state index in [2.05, 4.69) is 4.74 Å². The molecular weight excluding hydrogens is 232 g/mol. The Hall–Kier alpha value is -1.84. The molecule has 0 aliphatic heterocycles. The normalized spacial score (nSPS) is 10.2. The first-order valence-corrected chi connectivity index (χ1v) is 5.84. The minimum Gasteiger partial charge on any atom is -0.493 e. The van der Waals surface area contributed by atoms with Gasteiger partial charge in [-0.25, -0.2) is 0 Å². The number of benzene rings is 1. The van der Waals surface area contributed by atoms with Crippen molar-refractivity contribution < 1.29 is 19.1 Å². The summed E-state index contributed by atoms with van der Waals surface area (Å²) < 4.78 is 10.1. The maximum absolute atomic E-state index is 11.1. The van der Waals surface area contributed by atoms with Crippen LogP contribution in [0.1, 0.15) is 29.8 Å². The summed E-state index contributed by atoms with van der Waals surface area (Å²) in [5.74, 6) is 0.606. The van der Waals surface area contributed by atoms with Gasteiger partial charge in [0.2, 0.25) is 0 Å². The van der Waals surface area contributed by atoms with Gasteiger partial charge in [0.05, 0.1) is 25.7 Å². The first-order valence-electron chi connectivity index (χ1n) is 5.84. The van der Waals surface area contributed by atoms with Gasteiger partial charge in [0.25, 0.3) is 0 Å². The van der Waals surface area contributed by atoms with Crippen LogP contribution in [0.2, 0.25) is 0 Å². The first kappa shape index (κ1) is 14.2. The summed E-state index contributed by atoms with van der Waals surface area (Å²) in [5.41, 5.74) is 1.19. The van der Waals surface area contributed by atoms with Gasteiger partial charge in [-0.2, -0.15) is 0 Å². The summed E-state index contributed by atoms with van der Waals surface area (Å²) in [7, 11) is 1.34. The highest BCUT2D eigenvalue weighted by Crippen LogP contribution is 2.19. The summed E-state index contributed by atoms with van der Waals surface area (Å²) in [5, 5.41) is 0. The van der Waals surface area contributed by atoms with Crippen LogP contribution in [0.4, 0.5) is 0 Å². The molecule has 0 fully saturated rings. The maximum Gasteiger partial charge on any atom is 0.309 e. The smallest absolute Gasteiger partial charge is 0.309 e. The lowest BCUT2D eigenvalue weighted by Gasteiger charge is -2.11. The third-order valence-electron chi connectivity index (χ3n) is 2.35. The minimum atomic E-state index is -0.331. The average molecular weight is 250 g/mol. The Bertz CT molecular complexity index is 424. The van der Waals surface area contributed by atoms with Gasteiger partial charge in [-0.15, -0.1) is 0 Å². The molecule has 0 aromatic heterocycles. The zero-order valence-electron chi connectivity index (χ0n) is 10.9. The zero-order valence-corrected chi connectivity index (χ0v) is 10.9. The van der Waals surface area contributed by atoms with Gasteiger partial charge < -0.3 is 9.47 Å². The molecule has 0 N–H and O–H groups in total. The molecule has 0 radical (unpaired) electrons. The molecule has 0 spiro atoms. The lowest BCUT2D eigenvalue weighted by atomic mass is 10.1. The molecule has 0 aliphatic carbocycles. The predicted octanol–water partition coefficient (Wildman–Crippen LogP) is 2.25. The van der Waals surface area contributed by atoms with Crippen LogP contribution in [0.3, 0.4) is 0 Å². The number of hydrogen-bond acceptors (Lipinski definition) is 4. The lowest BCUT2D eigenvalue weighted by molar-refractivity contribution is -0.139. The molecular formula is C14H18O4. The van der Waals surface area contributed by atoms with E-state index < -0.39 is 0 Å². The highest BCUT2D eigenvalue weighted by atomic mass is 16.5. The van der Waals surface area contributed by atoms with E-state index in [1.165, 1.54) is 7.11 Å². The Morgan fingerprint density at radius 1 is 1.39 bits per heavy atom. The second-order valence-electron chi connectivity index (χ2n) is 4.45. The Morgan fingerprint density at radius 3 is 2.67 bits per heavy atom. The van der Waals surface area contributed by atoms with Gasteiger partial charge in [-0.3, -0.25) is 9.59 Å². The monoisotopic (exact) mass is 250 g/mol. The van der Waals surface area contributed by atoms with Gasteiger partial charge in [-0.05, 0) is 23.6 Å². The lowest BCUT2D eigenvalue weighted by Crippen LogP contribution is -2.08. The number of aldehydes is 1. The van der Waals surface area contributed by atoms with E-state index >= 15 is 0 Å². The van der Waals surface area contributed by atoms with Crippen LogP contribution >= 0.6 is 0 Å². The quantitative estimate of drug-likeness (QED) is 0.574. The summed E-state index contributed by atoms with van der Waals surface area (Å²) in [6, 6.07) is 5.13. The van der Waals surface area contributed by atoms with Gasteiger partial charge in [0, 0.05) is 0 Å². The molecule has 0 saturated carbocycles. The van der Waals surface area contributed by atoms with Crippen LogP contribution in [-0.4, -0.2) is 26.0 Å². The van der Waals surface area contributed by atoms with Gasteiger partial charge in [-0.1, -0.05) is 19.9 Å². The SMILES string of the molecule is COC(=O)Cc1ccc(OCC(C)C)c(C=O)c1. The fraction of sp³-hybridized carbons (Fsp3) is 0.429. The van der Waals surface area contributed by atoms with Gasteiger partial charge in [0.1, 0.15) is 5.75 Å². The summed E-state index contributed by atoms with van der Waals surface area (Å²) in [6.45, 7) is 4.62. The number of rotatable bonds is 6. The van der Waals surface area contributed by atoms with E-state index in [0.29, 0.717) is 23.8 Å². The van der Waals surface area contributed by atoms with Crippen LogP contribution in [0, 0.1) is 5.92 Å². The van der Waals surface area contributed by atoms with Crippen LogP contribution in [0.5, 0.6) is 5.75 Å². The summed E-state index contributed by atoms with van der Waals surface area (Å²) in [6.07, 6.45) is 0.887. The largest absolute Gasteiger partial charge is 0.493 e. The molecule has 1 rings (SSSR count). The van der Waals surface area contributed by atoms with Crippen molar-refractivity contribution in [2.75, 3.05) is 13.7 Å². The molecule has 18 heavy (non-hydrogen) atoms. The fourth-order valence-corrected chi connectivity index (χ4v) is 1.43. The van der Waals surface area contributed by atoms with E-state index in [4.69, 9.17) is 4.74 Å². The van der Waals surface area contributed by atoms with Crippen molar-refractivity contribution in [3.05, 3.63) is 29.3 Å². The third kappa shape index (κ3) is 4.20. The maximum atomic E-state index is 11.1.